The predicted octanol–water partition coefficient (Wildman–Crippen LogP) is 3.69. The van der Waals surface area contributed by atoms with Gasteiger partial charge in [0.25, 0.3) is 0 Å². The molecule has 3 atom stereocenters. The Balaban J connectivity index is 1.24. The van der Waals surface area contributed by atoms with Crippen LogP contribution in [0.5, 0.6) is 0 Å². The molecule has 0 aromatic heterocycles. The Kier molecular flexibility index (Phi) is 8.02. The van der Waals surface area contributed by atoms with Gasteiger partial charge in [0.05, 0.1) is 18.9 Å². The van der Waals surface area contributed by atoms with E-state index in [2.05, 4.69) is 34.9 Å². The minimum absolute atomic E-state index is 0.0256. The molecule has 2 aliphatic rings. The van der Waals surface area contributed by atoms with E-state index in [1.54, 1.807) is 0 Å². The number of carboxylic acid groups (broad SMARTS) is 1. The number of amides is 2. The van der Waals surface area contributed by atoms with Gasteiger partial charge < -0.3 is 25.2 Å². The molecule has 35 heavy (non-hydrogen) atoms. The number of ether oxygens (including phenoxy) is 2. The molecule has 0 heterocycles. The minimum Gasteiger partial charge on any atom is -0.481 e. The first-order valence-corrected chi connectivity index (χ1v) is 12.1. The highest BCUT2D eigenvalue weighted by molar-refractivity contribution is 5.79. The molecule has 0 spiro atoms. The van der Waals surface area contributed by atoms with E-state index in [1.165, 1.54) is 7.11 Å². The first kappa shape index (κ1) is 24.7. The summed E-state index contributed by atoms with van der Waals surface area (Å²) in [5.41, 5.74) is 4.60. The number of alkyl carbamates (subject to hydrolysis) is 1. The lowest BCUT2D eigenvalue weighted by molar-refractivity contribution is -0.138. The third-order valence-electron chi connectivity index (χ3n) is 7.01. The molecular formula is C27H32N2O6. The number of aliphatic carboxylic acids is 1. The van der Waals surface area contributed by atoms with Gasteiger partial charge in [-0.15, -0.1) is 0 Å². The maximum Gasteiger partial charge on any atom is 0.407 e. The van der Waals surface area contributed by atoms with Crippen molar-refractivity contribution >= 4 is 18.0 Å². The van der Waals surface area contributed by atoms with Crippen LogP contribution in [0.4, 0.5) is 4.79 Å². The van der Waals surface area contributed by atoms with E-state index in [4.69, 9.17) is 14.6 Å². The number of hydrogen-bond donors (Lipinski definition) is 3. The summed E-state index contributed by atoms with van der Waals surface area (Å²) in [7, 11) is 1.49. The molecule has 4 rings (SSSR count). The van der Waals surface area contributed by atoms with Crippen molar-refractivity contribution in [2.45, 2.75) is 50.2 Å². The standard InChI is InChI=1S/C27H32N2O6/c1-34-18(14-25(30)29-24-12-6-7-17(24)13-26(31)32)15-28-27(33)35-16-23-21-10-4-2-8-19(21)20-9-3-5-11-22(20)23/h2-5,8-11,17-18,23-24H,6-7,12-16H2,1H3,(H,28,33)(H,29,30)(H,31,32). The summed E-state index contributed by atoms with van der Waals surface area (Å²) in [4.78, 5) is 35.9. The van der Waals surface area contributed by atoms with Crippen LogP contribution in [0, 0.1) is 5.92 Å². The van der Waals surface area contributed by atoms with Crippen LogP contribution >= 0.6 is 0 Å². The minimum atomic E-state index is -0.849. The van der Waals surface area contributed by atoms with Gasteiger partial charge in [0.15, 0.2) is 0 Å². The van der Waals surface area contributed by atoms with Crippen LogP contribution in [0.3, 0.4) is 0 Å². The Morgan fingerprint density at radius 3 is 2.31 bits per heavy atom. The van der Waals surface area contributed by atoms with Gasteiger partial charge in [-0.3, -0.25) is 9.59 Å². The second kappa shape index (κ2) is 11.4. The van der Waals surface area contributed by atoms with Gasteiger partial charge in [0.2, 0.25) is 5.91 Å². The summed E-state index contributed by atoms with van der Waals surface area (Å²) < 4.78 is 10.9. The lowest BCUT2D eigenvalue weighted by atomic mass is 9.98. The van der Waals surface area contributed by atoms with E-state index in [0.29, 0.717) is 0 Å². The normalized spacial score (nSPS) is 19.5. The third-order valence-corrected chi connectivity index (χ3v) is 7.01. The van der Waals surface area contributed by atoms with Crippen LogP contribution in [0.1, 0.15) is 49.1 Å². The molecule has 0 saturated heterocycles. The lowest BCUT2D eigenvalue weighted by Crippen LogP contribution is -2.42. The van der Waals surface area contributed by atoms with Crippen molar-refractivity contribution in [3.05, 3.63) is 59.7 Å². The average molecular weight is 481 g/mol. The van der Waals surface area contributed by atoms with Crippen LogP contribution < -0.4 is 10.6 Å². The molecule has 0 radical (unpaired) electrons. The zero-order valence-corrected chi connectivity index (χ0v) is 19.9. The van der Waals surface area contributed by atoms with Crippen molar-refractivity contribution < 1.29 is 29.0 Å². The van der Waals surface area contributed by atoms with Crippen LogP contribution in [-0.2, 0) is 19.1 Å². The fourth-order valence-electron chi connectivity index (χ4n) is 5.25. The largest absolute Gasteiger partial charge is 0.481 e. The Hall–Kier alpha value is -3.39. The number of carboxylic acids is 1. The monoisotopic (exact) mass is 480 g/mol. The highest BCUT2D eigenvalue weighted by Crippen LogP contribution is 2.44. The molecule has 1 fully saturated rings. The van der Waals surface area contributed by atoms with Gasteiger partial charge in [0, 0.05) is 25.6 Å². The molecule has 0 bridgehead atoms. The van der Waals surface area contributed by atoms with E-state index in [1.807, 2.05) is 24.3 Å². The van der Waals surface area contributed by atoms with E-state index < -0.39 is 18.2 Å². The molecule has 2 aliphatic carbocycles. The maximum atomic E-state index is 12.5. The smallest absolute Gasteiger partial charge is 0.407 e. The van der Waals surface area contributed by atoms with Crippen LogP contribution in [0.2, 0.25) is 0 Å². The summed E-state index contributed by atoms with van der Waals surface area (Å²) in [5.74, 6) is -1.13. The number of carbonyl (C=O) groups is 3. The van der Waals surface area contributed by atoms with Gasteiger partial charge in [-0.2, -0.15) is 0 Å². The second-order valence-corrected chi connectivity index (χ2v) is 9.23. The highest BCUT2D eigenvalue weighted by atomic mass is 16.5. The zero-order chi connectivity index (χ0) is 24.8. The number of methoxy groups -OCH3 is 1. The summed E-state index contributed by atoms with van der Waals surface area (Å²) >= 11 is 0. The molecule has 186 valence electrons. The summed E-state index contributed by atoms with van der Waals surface area (Å²) in [6.07, 6.45) is 1.52. The zero-order valence-electron chi connectivity index (χ0n) is 19.9. The summed E-state index contributed by atoms with van der Waals surface area (Å²) in [6.45, 7) is 0.342. The number of rotatable bonds is 10. The maximum absolute atomic E-state index is 12.5. The highest BCUT2D eigenvalue weighted by Gasteiger charge is 2.31. The second-order valence-electron chi connectivity index (χ2n) is 9.23. The van der Waals surface area contributed by atoms with Crippen LogP contribution in [-0.4, -0.2) is 55.5 Å². The number of hydrogen-bond acceptors (Lipinski definition) is 5. The number of carbonyl (C=O) groups excluding carboxylic acids is 2. The molecule has 8 heteroatoms. The van der Waals surface area contributed by atoms with Crippen molar-refractivity contribution in [1.82, 2.24) is 10.6 Å². The quantitative estimate of drug-likeness (QED) is 0.478. The Morgan fingerprint density at radius 2 is 1.69 bits per heavy atom. The molecule has 2 aromatic carbocycles. The SMILES string of the molecule is COC(CNC(=O)OCC1c2ccccc2-c2ccccc21)CC(=O)NC1CCCC1CC(=O)O. The third kappa shape index (κ3) is 6.00. The van der Waals surface area contributed by atoms with Gasteiger partial charge in [-0.25, -0.2) is 4.79 Å². The fourth-order valence-corrected chi connectivity index (χ4v) is 5.25. The predicted molar refractivity (Wildman–Crippen MR) is 130 cm³/mol. The first-order valence-electron chi connectivity index (χ1n) is 12.1. The summed E-state index contributed by atoms with van der Waals surface area (Å²) in [5, 5.41) is 14.7. The first-order chi connectivity index (χ1) is 17.0. The Morgan fingerprint density at radius 1 is 1.03 bits per heavy atom. The van der Waals surface area contributed by atoms with E-state index in [9.17, 15) is 14.4 Å². The average Bonchev–Trinajstić information content (AvgIpc) is 3.41. The Labute approximate surface area is 205 Å². The molecule has 3 N–H and O–H groups in total. The van der Waals surface area contributed by atoms with Crippen molar-refractivity contribution in [2.75, 3.05) is 20.3 Å². The number of benzene rings is 2. The van der Waals surface area contributed by atoms with Crippen molar-refractivity contribution in [3.63, 3.8) is 0 Å². The molecule has 0 aliphatic heterocycles. The number of nitrogens with one attached hydrogen (secondary N) is 2. The van der Waals surface area contributed by atoms with E-state index in [0.717, 1.165) is 41.5 Å². The van der Waals surface area contributed by atoms with Gasteiger partial charge >= 0.3 is 12.1 Å². The Bertz CT molecular complexity index is 1030. The summed E-state index contributed by atoms with van der Waals surface area (Å²) in [6, 6.07) is 16.1. The molecule has 1 saturated carbocycles. The molecule has 2 amide bonds. The van der Waals surface area contributed by atoms with Crippen molar-refractivity contribution in [2.24, 2.45) is 5.92 Å². The molecule has 2 aromatic rings. The van der Waals surface area contributed by atoms with Crippen LogP contribution in [0.15, 0.2) is 48.5 Å². The molecule has 3 unspecified atom stereocenters. The van der Waals surface area contributed by atoms with Crippen LogP contribution in [0.25, 0.3) is 11.1 Å². The molecular weight excluding hydrogens is 448 g/mol. The van der Waals surface area contributed by atoms with E-state index in [-0.39, 0.29) is 49.8 Å². The topological polar surface area (TPSA) is 114 Å². The van der Waals surface area contributed by atoms with E-state index >= 15 is 0 Å². The van der Waals surface area contributed by atoms with Crippen molar-refractivity contribution in [3.8, 4) is 11.1 Å². The van der Waals surface area contributed by atoms with Crippen molar-refractivity contribution in [1.29, 1.82) is 0 Å². The van der Waals surface area contributed by atoms with Gasteiger partial charge in [0.1, 0.15) is 6.61 Å². The lowest BCUT2D eigenvalue weighted by Gasteiger charge is -2.22. The fraction of sp³-hybridized carbons (Fsp3) is 0.444. The molecule has 8 nitrogen and oxygen atoms in total. The van der Waals surface area contributed by atoms with Gasteiger partial charge in [-0.1, -0.05) is 55.0 Å². The van der Waals surface area contributed by atoms with Gasteiger partial charge in [-0.05, 0) is 41.0 Å². The number of fused-ring (bicyclic) bond motifs is 3.